The molecule has 20 heavy (non-hydrogen) atoms. The van der Waals surface area contributed by atoms with Crippen molar-refractivity contribution < 1.29 is 14.7 Å². The summed E-state index contributed by atoms with van der Waals surface area (Å²) >= 11 is 0. The lowest BCUT2D eigenvalue weighted by molar-refractivity contribution is -0.138. The van der Waals surface area contributed by atoms with E-state index in [2.05, 4.69) is 19.2 Å². The molecule has 1 amide bonds. The second kappa shape index (κ2) is 7.09. The van der Waals surface area contributed by atoms with Crippen molar-refractivity contribution in [1.29, 1.82) is 0 Å². The second-order valence-electron chi connectivity index (χ2n) is 7.12. The molecular formula is C16H29NO3. The van der Waals surface area contributed by atoms with Gasteiger partial charge in [0.05, 0.1) is 0 Å². The fourth-order valence-electron chi connectivity index (χ4n) is 2.97. The highest BCUT2D eigenvalue weighted by Crippen LogP contribution is 2.33. The van der Waals surface area contributed by atoms with Gasteiger partial charge in [0.25, 0.3) is 0 Å². The normalized spacial score (nSPS) is 23.6. The van der Waals surface area contributed by atoms with Gasteiger partial charge in [-0.05, 0) is 57.8 Å². The van der Waals surface area contributed by atoms with Gasteiger partial charge in [-0.3, -0.25) is 9.59 Å². The molecule has 0 aromatic heterocycles. The van der Waals surface area contributed by atoms with Crippen LogP contribution >= 0.6 is 0 Å². The lowest BCUT2D eigenvalue weighted by Crippen LogP contribution is -2.47. The largest absolute Gasteiger partial charge is 0.481 e. The van der Waals surface area contributed by atoms with Crippen molar-refractivity contribution in [1.82, 2.24) is 5.32 Å². The van der Waals surface area contributed by atoms with Crippen LogP contribution in [0, 0.1) is 17.8 Å². The fraction of sp³-hybridized carbons (Fsp3) is 0.875. The van der Waals surface area contributed by atoms with E-state index in [1.54, 1.807) is 0 Å². The second-order valence-corrected chi connectivity index (χ2v) is 7.12. The van der Waals surface area contributed by atoms with Crippen LogP contribution in [-0.4, -0.2) is 22.5 Å². The SMILES string of the molecule is CC(C)C1CCC(C(=O)NC(C)(C)CCC(=O)O)CC1. The van der Waals surface area contributed by atoms with Gasteiger partial charge in [-0.1, -0.05) is 13.8 Å². The first-order chi connectivity index (χ1) is 9.21. The van der Waals surface area contributed by atoms with E-state index >= 15 is 0 Å². The highest BCUT2D eigenvalue weighted by molar-refractivity contribution is 5.79. The lowest BCUT2D eigenvalue weighted by atomic mass is 9.76. The molecule has 1 aliphatic carbocycles. The van der Waals surface area contributed by atoms with Gasteiger partial charge < -0.3 is 10.4 Å². The Hall–Kier alpha value is -1.06. The number of rotatable bonds is 6. The van der Waals surface area contributed by atoms with E-state index < -0.39 is 11.5 Å². The van der Waals surface area contributed by atoms with Crippen molar-refractivity contribution in [3.63, 3.8) is 0 Å². The summed E-state index contributed by atoms with van der Waals surface area (Å²) in [5.41, 5.74) is -0.440. The third-order valence-electron chi connectivity index (χ3n) is 4.51. The number of amides is 1. The number of carbonyl (C=O) groups excluding carboxylic acids is 1. The van der Waals surface area contributed by atoms with Gasteiger partial charge in [-0.15, -0.1) is 0 Å². The zero-order valence-corrected chi connectivity index (χ0v) is 13.2. The minimum Gasteiger partial charge on any atom is -0.481 e. The minimum atomic E-state index is -0.815. The van der Waals surface area contributed by atoms with Crippen LogP contribution in [-0.2, 0) is 9.59 Å². The standard InChI is InChI=1S/C16H29NO3/c1-11(2)12-5-7-13(8-6-12)15(20)17-16(3,4)10-9-14(18)19/h11-13H,5-10H2,1-4H3,(H,17,20)(H,18,19). The Morgan fingerprint density at radius 1 is 1.20 bits per heavy atom. The molecule has 4 nitrogen and oxygen atoms in total. The lowest BCUT2D eigenvalue weighted by Gasteiger charge is -2.33. The van der Waals surface area contributed by atoms with Crippen LogP contribution in [0.3, 0.4) is 0 Å². The van der Waals surface area contributed by atoms with Gasteiger partial charge in [0.2, 0.25) is 5.91 Å². The van der Waals surface area contributed by atoms with E-state index in [1.807, 2.05) is 13.8 Å². The van der Waals surface area contributed by atoms with Crippen molar-refractivity contribution in [2.45, 2.75) is 71.8 Å². The van der Waals surface area contributed by atoms with E-state index in [1.165, 1.54) is 0 Å². The first-order valence-electron chi connectivity index (χ1n) is 7.75. The molecule has 0 unspecified atom stereocenters. The molecule has 0 aliphatic heterocycles. The third kappa shape index (κ3) is 5.51. The van der Waals surface area contributed by atoms with Crippen LogP contribution in [0.15, 0.2) is 0 Å². The molecule has 1 aliphatic rings. The van der Waals surface area contributed by atoms with E-state index in [4.69, 9.17) is 5.11 Å². The van der Waals surface area contributed by atoms with Crippen molar-refractivity contribution in [2.24, 2.45) is 17.8 Å². The zero-order chi connectivity index (χ0) is 15.3. The molecule has 0 heterocycles. The Morgan fingerprint density at radius 3 is 2.20 bits per heavy atom. The van der Waals surface area contributed by atoms with Gasteiger partial charge in [0.1, 0.15) is 0 Å². The summed E-state index contributed by atoms with van der Waals surface area (Å²) < 4.78 is 0. The molecule has 1 rings (SSSR count). The molecule has 0 spiro atoms. The summed E-state index contributed by atoms with van der Waals surface area (Å²) in [5.74, 6) is 0.839. The zero-order valence-electron chi connectivity index (χ0n) is 13.2. The molecule has 116 valence electrons. The van der Waals surface area contributed by atoms with E-state index in [0.717, 1.165) is 31.6 Å². The van der Waals surface area contributed by atoms with Crippen LogP contribution in [0.25, 0.3) is 0 Å². The maximum atomic E-state index is 12.3. The first-order valence-corrected chi connectivity index (χ1v) is 7.75. The number of hydrogen-bond acceptors (Lipinski definition) is 2. The van der Waals surface area contributed by atoms with E-state index in [-0.39, 0.29) is 18.2 Å². The maximum absolute atomic E-state index is 12.3. The average Bonchev–Trinajstić information content (AvgIpc) is 2.36. The Balaban J connectivity index is 2.41. The van der Waals surface area contributed by atoms with Crippen LogP contribution in [0.2, 0.25) is 0 Å². The van der Waals surface area contributed by atoms with Crippen LogP contribution in [0.1, 0.15) is 66.2 Å². The van der Waals surface area contributed by atoms with E-state index in [9.17, 15) is 9.59 Å². The summed E-state index contributed by atoms with van der Waals surface area (Å²) in [6.07, 6.45) is 4.74. The van der Waals surface area contributed by atoms with Crippen molar-refractivity contribution in [2.75, 3.05) is 0 Å². The van der Waals surface area contributed by atoms with Crippen LogP contribution < -0.4 is 5.32 Å². The molecule has 1 fully saturated rings. The number of hydrogen-bond donors (Lipinski definition) is 2. The van der Waals surface area contributed by atoms with Gasteiger partial charge in [0.15, 0.2) is 0 Å². The fourth-order valence-corrected chi connectivity index (χ4v) is 2.97. The molecule has 0 radical (unpaired) electrons. The molecule has 0 aromatic carbocycles. The molecule has 0 atom stereocenters. The molecule has 0 bridgehead atoms. The highest BCUT2D eigenvalue weighted by atomic mass is 16.4. The monoisotopic (exact) mass is 283 g/mol. The Kier molecular flexibility index (Phi) is 6.03. The summed E-state index contributed by atoms with van der Waals surface area (Å²) in [6, 6.07) is 0. The molecule has 0 saturated heterocycles. The molecule has 2 N–H and O–H groups in total. The van der Waals surface area contributed by atoms with Crippen LogP contribution in [0.5, 0.6) is 0 Å². The predicted octanol–water partition coefficient (Wildman–Crippen LogP) is 3.21. The molecular weight excluding hydrogens is 254 g/mol. The van der Waals surface area contributed by atoms with Crippen LogP contribution in [0.4, 0.5) is 0 Å². The number of aliphatic carboxylic acids is 1. The topological polar surface area (TPSA) is 66.4 Å². The van der Waals surface area contributed by atoms with Crippen molar-refractivity contribution in [3.05, 3.63) is 0 Å². The number of carboxylic acid groups (broad SMARTS) is 1. The van der Waals surface area contributed by atoms with Crippen molar-refractivity contribution >= 4 is 11.9 Å². The molecule has 4 heteroatoms. The third-order valence-corrected chi connectivity index (χ3v) is 4.51. The molecule has 1 saturated carbocycles. The quantitative estimate of drug-likeness (QED) is 0.786. The summed E-state index contributed by atoms with van der Waals surface area (Å²) in [5, 5.41) is 11.8. The minimum absolute atomic E-state index is 0.0906. The highest BCUT2D eigenvalue weighted by Gasteiger charge is 2.30. The predicted molar refractivity (Wildman–Crippen MR) is 79.4 cm³/mol. The average molecular weight is 283 g/mol. The number of carbonyl (C=O) groups is 2. The first kappa shape index (κ1) is 17.0. The van der Waals surface area contributed by atoms with Gasteiger partial charge >= 0.3 is 5.97 Å². The summed E-state index contributed by atoms with van der Waals surface area (Å²) in [7, 11) is 0. The van der Waals surface area contributed by atoms with E-state index in [0.29, 0.717) is 12.3 Å². The Morgan fingerprint density at radius 2 is 1.75 bits per heavy atom. The number of carboxylic acids is 1. The molecule has 0 aromatic rings. The smallest absolute Gasteiger partial charge is 0.303 e. The van der Waals surface area contributed by atoms with Gasteiger partial charge in [-0.2, -0.15) is 0 Å². The van der Waals surface area contributed by atoms with Gasteiger partial charge in [0, 0.05) is 17.9 Å². The number of nitrogens with one attached hydrogen (secondary N) is 1. The van der Waals surface area contributed by atoms with Crippen molar-refractivity contribution in [3.8, 4) is 0 Å². The maximum Gasteiger partial charge on any atom is 0.303 e. The Labute approximate surface area is 122 Å². The van der Waals surface area contributed by atoms with Gasteiger partial charge in [-0.25, -0.2) is 0 Å². The summed E-state index contributed by atoms with van der Waals surface area (Å²) in [6.45, 7) is 8.29. The Bertz CT molecular complexity index is 342. The summed E-state index contributed by atoms with van der Waals surface area (Å²) in [4.78, 5) is 22.9.